The molecule has 170 valence electrons. The summed E-state index contributed by atoms with van der Waals surface area (Å²) < 4.78 is 33.9. The van der Waals surface area contributed by atoms with Crippen LogP contribution in [-0.4, -0.2) is 48.3 Å². The van der Waals surface area contributed by atoms with E-state index >= 15 is 0 Å². The summed E-state index contributed by atoms with van der Waals surface area (Å²) in [7, 11) is -5.42. The Morgan fingerprint density at radius 3 is 2.53 bits per heavy atom. The van der Waals surface area contributed by atoms with Gasteiger partial charge >= 0.3 is 19.2 Å². The first-order valence-corrected chi connectivity index (χ1v) is 10.8. The van der Waals surface area contributed by atoms with E-state index in [0.717, 1.165) is 11.1 Å². The van der Waals surface area contributed by atoms with Gasteiger partial charge in [-0.25, -0.2) is 14.6 Å². The number of pyridine rings is 1. The van der Waals surface area contributed by atoms with Crippen LogP contribution >= 0.6 is 0 Å². The van der Waals surface area contributed by atoms with Crippen molar-refractivity contribution < 1.29 is 32.8 Å². The van der Waals surface area contributed by atoms with Crippen molar-refractivity contribution in [1.29, 1.82) is 0 Å². The second-order valence-electron chi connectivity index (χ2n) is 8.01. The van der Waals surface area contributed by atoms with E-state index in [-0.39, 0.29) is 23.7 Å². The summed E-state index contributed by atoms with van der Waals surface area (Å²) in [5.41, 5.74) is 5.63. The van der Waals surface area contributed by atoms with Gasteiger partial charge in [0, 0.05) is 11.2 Å². The van der Waals surface area contributed by atoms with Crippen LogP contribution in [0.1, 0.15) is 26.3 Å². The van der Waals surface area contributed by atoms with Crippen LogP contribution in [0, 0.1) is 0 Å². The monoisotopic (exact) mass is 463 g/mol. The maximum atomic E-state index is 13.2. The van der Waals surface area contributed by atoms with Gasteiger partial charge in [-0.2, -0.15) is 8.42 Å². The van der Waals surface area contributed by atoms with Crippen LogP contribution in [0.4, 0.5) is 26.7 Å². The average Bonchev–Trinajstić information content (AvgIpc) is 2.99. The number of amides is 3. The molecule has 0 bridgehead atoms. The number of nitrogens with one attached hydrogen (secondary N) is 2. The van der Waals surface area contributed by atoms with E-state index in [1.165, 1.54) is 24.3 Å². The van der Waals surface area contributed by atoms with Gasteiger partial charge in [-0.3, -0.25) is 14.9 Å². The first-order valence-electron chi connectivity index (χ1n) is 9.34. The number of carbonyl (C=O) groups is 2. The molecule has 0 atom stereocenters. The Morgan fingerprint density at radius 1 is 1.25 bits per heavy atom. The fourth-order valence-corrected chi connectivity index (χ4v) is 4.46. The zero-order valence-corrected chi connectivity index (χ0v) is 18.3. The number of nitrogens with two attached hydrogens (primary N) is 1. The summed E-state index contributed by atoms with van der Waals surface area (Å²) >= 11 is 0. The average molecular weight is 463 g/mol. The van der Waals surface area contributed by atoms with Crippen LogP contribution in [0.25, 0.3) is 0 Å². The van der Waals surface area contributed by atoms with Gasteiger partial charge in [0.25, 0.3) is 10.0 Å². The summed E-state index contributed by atoms with van der Waals surface area (Å²) in [6.07, 6.45) is -0.378. The molecule has 1 aromatic heterocycles. The summed E-state index contributed by atoms with van der Waals surface area (Å²) in [5, 5.41) is 20.3. The zero-order chi connectivity index (χ0) is 23.8. The maximum Gasteiger partial charge on any atom is 0.491 e. The van der Waals surface area contributed by atoms with Gasteiger partial charge in [-0.1, -0.05) is 6.07 Å². The van der Waals surface area contributed by atoms with Gasteiger partial charge in [0.15, 0.2) is 5.03 Å². The fraction of sp³-hybridized carbons (Fsp3) is 0.278. The summed E-state index contributed by atoms with van der Waals surface area (Å²) in [4.78, 5) is 28.1. The predicted molar refractivity (Wildman–Crippen MR) is 117 cm³/mol. The van der Waals surface area contributed by atoms with E-state index in [2.05, 4.69) is 15.0 Å². The number of anilines is 3. The number of carbonyl (C=O) groups excluding carboxylic acids is 1. The number of carboxylic acid groups (broad SMARTS) is 1. The Morgan fingerprint density at radius 2 is 1.94 bits per heavy atom. The Kier molecular flexibility index (Phi) is 6.04. The largest absolute Gasteiger partial charge is 0.491 e. The molecule has 0 fully saturated rings. The highest BCUT2D eigenvalue weighted by atomic mass is 32.2. The lowest BCUT2D eigenvalue weighted by Gasteiger charge is -2.35. The van der Waals surface area contributed by atoms with Crippen LogP contribution in [-0.2, 0) is 21.3 Å². The fourth-order valence-electron chi connectivity index (χ4n) is 3.31. The first kappa shape index (κ1) is 23.3. The normalized spacial score (nSPS) is 13.4. The van der Waals surface area contributed by atoms with Gasteiger partial charge < -0.3 is 20.5 Å². The van der Waals surface area contributed by atoms with E-state index in [9.17, 15) is 23.0 Å². The van der Waals surface area contributed by atoms with Crippen LogP contribution in [0.15, 0.2) is 35.5 Å². The molecule has 0 spiro atoms. The number of rotatable bonds is 5. The Labute approximate surface area is 184 Å². The topological polar surface area (TPSA) is 184 Å². The van der Waals surface area contributed by atoms with Crippen molar-refractivity contribution >= 4 is 51.8 Å². The third kappa shape index (κ3) is 4.76. The summed E-state index contributed by atoms with van der Waals surface area (Å²) in [6, 6.07) is 4.71. The lowest BCUT2D eigenvalue weighted by molar-refractivity contribution is 0.209. The highest BCUT2D eigenvalue weighted by molar-refractivity contribution is 7.92. The molecule has 0 radical (unpaired) electrons. The van der Waals surface area contributed by atoms with Crippen LogP contribution in [0.2, 0.25) is 0 Å². The van der Waals surface area contributed by atoms with E-state index < -0.39 is 39.8 Å². The molecule has 1 aromatic carbocycles. The smallest absolute Gasteiger partial charge is 0.465 e. The molecule has 0 aliphatic carbocycles. The van der Waals surface area contributed by atoms with Gasteiger partial charge in [-0.15, -0.1) is 0 Å². The lowest BCUT2D eigenvalue weighted by atomic mass is 9.79. The van der Waals surface area contributed by atoms with E-state index in [1.807, 2.05) is 0 Å². The Hall–Kier alpha value is -3.36. The number of sulfonamides is 1. The quantitative estimate of drug-likeness (QED) is 0.405. The SMILES string of the molecule is CC(C)(C)N(C(N)=O)c1cc(NC(=O)O)cnc1S(=O)(=O)Nc1ccc2c(c1)COB2O. The minimum Gasteiger partial charge on any atom is -0.465 e. The molecule has 1 aliphatic rings. The predicted octanol–water partition coefficient (Wildman–Crippen LogP) is 0.874. The first-order chi connectivity index (χ1) is 14.8. The van der Waals surface area contributed by atoms with Crippen LogP contribution < -0.4 is 26.1 Å². The molecule has 0 saturated carbocycles. The molecule has 6 N–H and O–H groups in total. The summed E-state index contributed by atoms with van der Waals surface area (Å²) in [5.74, 6) is 0. The van der Waals surface area contributed by atoms with Crippen molar-refractivity contribution in [3.8, 4) is 0 Å². The molecule has 32 heavy (non-hydrogen) atoms. The minimum absolute atomic E-state index is 0.0504. The van der Waals surface area contributed by atoms with Crippen molar-refractivity contribution in [3.63, 3.8) is 0 Å². The highest BCUT2D eigenvalue weighted by Crippen LogP contribution is 2.32. The van der Waals surface area contributed by atoms with Crippen molar-refractivity contribution in [1.82, 2.24) is 4.98 Å². The highest BCUT2D eigenvalue weighted by Gasteiger charge is 2.34. The molecule has 12 nitrogen and oxygen atoms in total. The van der Waals surface area contributed by atoms with Crippen molar-refractivity contribution in [3.05, 3.63) is 36.0 Å². The molecule has 0 unspecified atom stereocenters. The van der Waals surface area contributed by atoms with E-state index in [4.69, 9.17) is 15.5 Å². The Bertz CT molecular complexity index is 1180. The van der Waals surface area contributed by atoms with Crippen LogP contribution in [0.5, 0.6) is 0 Å². The standard InChI is InChI=1S/C18H22BN5O7S/c1-18(2,3)24(16(20)25)14-7-12(22-17(26)27)8-21-15(14)32(29,30)23-11-4-5-13-10(6-11)9-31-19(13)28/h4-8,22-23,28H,9H2,1-3H3,(H2,20,25)(H,26,27). The van der Waals surface area contributed by atoms with Crippen LogP contribution in [0.3, 0.4) is 0 Å². The summed E-state index contributed by atoms with van der Waals surface area (Å²) in [6.45, 7) is 5.00. The van der Waals surface area contributed by atoms with Crippen molar-refractivity contribution in [2.75, 3.05) is 14.9 Å². The van der Waals surface area contributed by atoms with Gasteiger partial charge in [0.2, 0.25) is 0 Å². The van der Waals surface area contributed by atoms with Gasteiger partial charge in [0.05, 0.1) is 24.2 Å². The number of fused-ring (bicyclic) bond motifs is 1. The number of benzene rings is 1. The number of primary amides is 1. The molecular formula is C18H22BN5O7S. The maximum absolute atomic E-state index is 13.2. The number of aromatic nitrogens is 1. The lowest BCUT2D eigenvalue weighted by Crippen LogP contribution is -2.49. The third-order valence-electron chi connectivity index (χ3n) is 4.53. The molecular weight excluding hydrogens is 441 g/mol. The molecule has 3 amide bonds. The van der Waals surface area contributed by atoms with Crippen molar-refractivity contribution in [2.45, 2.75) is 37.9 Å². The molecule has 1 aliphatic heterocycles. The minimum atomic E-state index is -4.35. The van der Waals surface area contributed by atoms with E-state index in [1.54, 1.807) is 20.8 Å². The van der Waals surface area contributed by atoms with E-state index in [0.29, 0.717) is 11.0 Å². The third-order valence-corrected chi connectivity index (χ3v) is 5.86. The van der Waals surface area contributed by atoms with Gasteiger partial charge in [0.1, 0.15) is 0 Å². The zero-order valence-electron chi connectivity index (χ0n) is 17.5. The number of hydrogen-bond acceptors (Lipinski definition) is 7. The molecule has 0 saturated heterocycles. The van der Waals surface area contributed by atoms with Crippen molar-refractivity contribution in [2.24, 2.45) is 5.73 Å². The molecule has 14 heteroatoms. The second kappa shape index (κ2) is 8.29. The number of nitrogens with zero attached hydrogens (tertiary/aromatic N) is 2. The number of urea groups is 1. The Balaban J connectivity index is 2.08. The molecule has 2 heterocycles. The second-order valence-corrected chi connectivity index (χ2v) is 9.60. The molecule has 3 rings (SSSR count). The molecule has 2 aromatic rings. The number of hydrogen-bond donors (Lipinski definition) is 5. The van der Waals surface area contributed by atoms with Gasteiger partial charge in [-0.05, 0) is 50.0 Å².